The first kappa shape index (κ1) is 24.5. The summed E-state index contributed by atoms with van der Waals surface area (Å²) in [6.07, 6.45) is 8.04. The molecular weight excluding hydrogens is 468 g/mol. The zero-order valence-corrected chi connectivity index (χ0v) is 21.8. The predicted octanol–water partition coefficient (Wildman–Crippen LogP) is 5.93. The van der Waals surface area contributed by atoms with E-state index in [1.165, 1.54) is 45.4 Å². The van der Waals surface area contributed by atoms with Gasteiger partial charge in [-0.25, -0.2) is 13.4 Å². The van der Waals surface area contributed by atoms with Crippen molar-refractivity contribution in [1.29, 1.82) is 0 Å². The highest BCUT2D eigenvalue weighted by atomic mass is 32.2. The van der Waals surface area contributed by atoms with Crippen LogP contribution in [0.5, 0.6) is 5.75 Å². The smallest absolute Gasteiger partial charge is 0.265 e. The number of pyridine rings is 1. The molecule has 0 unspecified atom stereocenters. The van der Waals surface area contributed by atoms with Gasteiger partial charge in [-0.05, 0) is 74.9 Å². The number of rotatable bonds is 8. The number of aryl methyl sites for hydroxylation is 3. The summed E-state index contributed by atoms with van der Waals surface area (Å²) < 4.78 is 34.7. The van der Waals surface area contributed by atoms with Gasteiger partial charge in [0, 0.05) is 12.2 Å². The van der Waals surface area contributed by atoms with Gasteiger partial charge >= 0.3 is 0 Å². The van der Waals surface area contributed by atoms with Crippen LogP contribution in [0.1, 0.15) is 49.1 Å². The molecule has 1 aliphatic rings. The van der Waals surface area contributed by atoms with Gasteiger partial charge in [0.05, 0.1) is 29.6 Å². The van der Waals surface area contributed by atoms with E-state index in [0.29, 0.717) is 11.6 Å². The van der Waals surface area contributed by atoms with E-state index in [-0.39, 0.29) is 10.6 Å². The van der Waals surface area contributed by atoms with Crippen molar-refractivity contribution < 1.29 is 13.2 Å². The van der Waals surface area contributed by atoms with Gasteiger partial charge in [0.15, 0.2) is 5.13 Å². The van der Waals surface area contributed by atoms with Crippen LogP contribution in [0.3, 0.4) is 0 Å². The quantitative estimate of drug-likeness (QED) is 0.398. The third-order valence-corrected chi connectivity index (χ3v) is 8.82. The van der Waals surface area contributed by atoms with Gasteiger partial charge in [-0.3, -0.25) is 9.71 Å². The van der Waals surface area contributed by atoms with Crippen molar-refractivity contribution in [3.05, 3.63) is 47.4 Å². The summed E-state index contributed by atoms with van der Waals surface area (Å²) in [4.78, 5) is 9.94. The molecule has 1 aliphatic carbocycles. The molecule has 9 heteroatoms. The minimum atomic E-state index is -3.90. The lowest BCUT2D eigenvalue weighted by atomic mass is 9.89. The Labute approximate surface area is 206 Å². The number of ether oxygens (including phenoxy) is 1. The summed E-state index contributed by atoms with van der Waals surface area (Å²) in [5.74, 6) is 0.983. The molecule has 2 heterocycles. The largest absolute Gasteiger partial charge is 0.495 e. The van der Waals surface area contributed by atoms with Crippen LogP contribution in [0.15, 0.2) is 35.4 Å². The fourth-order valence-electron chi connectivity index (χ4n) is 4.39. The van der Waals surface area contributed by atoms with Crippen molar-refractivity contribution in [3.63, 3.8) is 0 Å². The number of sulfonamides is 1. The van der Waals surface area contributed by atoms with E-state index in [0.717, 1.165) is 39.1 Å². The molecule has 0 bridgehead atoms. The van der Waals surface area contributed by atoms with E-state index in [9.17, 15) is 8.42 Å². The van der Waals surface area contributed by atoms with Gasteiger partial charge in [0.2, 0.25) is 0 Å². The third kappa shape index (κ3) is 5.52. The predicted molar refractivity (Wildman–Crippen MR) is 138 cm³/mol. The zero-order chi connectivity index (χ0) is 24.3. The minimum Gasteiger partial charge on any atom is -0.495 e. The third-order valence-electron chi connectivity index (χ3n) is 6.27. The van der Waals surface area contributed by atoms with Gasteiger partial charge in [0.1, 0.15) is 10.6 Å². The van der Waals surface area contributed by atoms with E-state index < -0.39 is 10.0 Å². The van der Waals surface area contributed by atoms with E-state index >= 15 is 0 Å². The van der Waals surface area contributed by atoms with Crippen LogP contribution in [-0.2, 0) is 10.0 Å². The molecule has 0 atom stereocenters. The van der Waals surface area contributed by atoms with Crippen molar-refractivity contribution in [1.82, 2.24) is 9.97 Å². The van der Waals surface area contributed by atoms with E-state index in [2.05, 4.69) is 15.0 Å². The number of nitrogens with zero attached hydrogens (tertiary/aromatic N) is 2. The highest BCUT2D eigenvalue weighted by Gasteiger charge is 2.23. The first-order valence-corrected chi connectivity index (χ1v) is 13.9. The SMILES string of the molecule is COc1ccc(-c2sc(NCC3CCCCC3)nc2C)cc1S(=O)(=O)Nc1cnc(C)cc1C. The maximum atomic E-state index is 13.3. The van der Waals surface area contributed by atoms with Crippen molar-refractivity contribution in [2.24, 2.45) is 5.92 Å². The summed E-state index contributed by atoms with van der Waals surface area (Å²) in [5.41, 5.74) is 3.74. The first-order valence-electron chi connectivity index (χ1n) is 11.6. The first-order chi connectivity index (χ1) is 16.3. The fraction of sp³-hybridized carbons (Fsp3) is 0.440. The lowest BCUT2D eigenvalue weighted by Gasteiger charge is -2.21. The average Bonchev–Trinajstić information content (AvgIpc) is 3.20. The van der Waals surface area contributed by atoms with Gasteiger partial charge in [-0.2, -0.15) is 0 Å². The van der Waals surface area contributed by atoms with E-state index in [4.69, 9.17) is 9.72 Å². The molecule has 2 N–H and O–H groups in total. The van der Waals surface area contributed by atoms with Gasteiger partial charge < -0.3 is 10.1 Å². The molecule has 0 aliphatic heterocycles. The lowest BCUT2D eigenvalue weighted by Crippen LogP contribution is -2.16. The molecule has 2 aromatic heterocycles. The molecule has 0 amide bonds. The van der Waals surface area contributed by atoms with E-state index in [1.54, 1.807) is 23.5 Å². The number of nitrogens with one attached hydrogen (secondary N) is 2. The average molecular weight is 501 g/mol. The minimum absolute atomic E-state index is 0.0805. The standard InChI is InChI=1S/C25H32N4O3S2/c1-16-12-17(2)26-15-21(16)29-34(30,31)23-13-20(10-11-22(23)32-4)24-18(3)28-25(33-24)27-14-19-8-6-5-7-9-19/h10-13,15,19,29H,5-9,14H2,1-4H3,(H,27,28). The molecule has 0 saturated heterocycles. The summed E-state index contributed by atoms with van der Waals surface area (Å²) >= 11 is 1.55. The number of aromatic nitrogens is 2. The normalized spacial score (nSPS) is 14.7. The maximum absolute atomic E-state index is 13.3. The van der Waals surface area contributed by atoms with Gasteiger partial charge in [0.25, 0.3) is 10.0 Å². The Bertz CT molecular complexity index is 1270. The summed E-state index contributed by atoms with van der Waals surface area (Å²) in [5, 5.41) is 4.37. The number of hydrogen-bond acceptors (Lipinski definition) is 7. The van der Waals surface area contributed by atoms with Gasteiger partial charge in [-0.1, -0.05) is 30.6 Å². The molecule has 0 spiro atoms. The zero-order valence-electron chi connectivity index (χ0n) is 20.1. The van der Waals surface area contributed by atoms with Crippen LogP contribution in [-0.4, -0.2) is 32.0 Å². The Morgan fingerprint density at radius 1 is 1.12 bits per heavy atom. The molecule has 1 fully saturated rings. The number of benzene rings is 1. The number of thiazole rings is 1. The molecule has 0 radical (unpaired) electrons. The number of anilines is 2. The lowest BCUT2D eigenvalue weighted by molar-refractivity contribution is 0.373. The Morgan fingerprint density at radius 2 is 1.88 bits per heavy atom. The Balaban J connectivity index is 1.60. The summed E-state index contributed by atoms with van der Waals surface area (Å²) in [6, 6.07) is 7.07. The monoisotopic (exact) mass is 500 g/mol. The van der Waals surface area contributed by atoms with Crippen LogP contribution < -0.4 is 14.8 Å². The van der Waals surface area contributed by atoms with Crippen LogP contribution in [0.4, 0.5) is 10.8 Å². The topological polar surface area (TPSA) is 93.2 Å². The van der Waals surface area contributed by atoms with Crippen LogP contribution in [0.2, 0.25) is 0 Å². The second-order valence-corrected chi connectivity index (χ2v) is 11.6. The van der Waals surface area contributed by atoms with Crippen molar-refractivity contribution in [2.45, 2.75) is 57.8 Å². The molecular formula is C25H32N4O3S2. The van der Waals surface area contributed by atoms with E-state index in [1.807, 2.05) is 32.9 Å². The Morgan fingerprint density at radius 3 is 2.59 bits per heavy atom. The van der Waals surface area contributed by atoms with Crippen molar-refractivity contribution >= 4 is 32.2 Å². The van der Waals surface area contributed by atoms with Crippen LogP contribution >= 0.6 is 11.3 Å². The maximum Gasteiger partial charge on any atom is 0.265 e. The summed E-state index contributed by atoms with van der Waals surface area (Å²) in [6.45, 7) is 6.61. The van der Waals surface area contributed by atoms with Crippen LogP contribution in [0, 0.1) is 26.7 Å². The molecule has 1 saturated carbocycles. The number of hydrogen-bond donors (Lipinski definition) is 2. The van der Waals surface area contributed by atoms with Crippen molar-refractivity contribution in [3.8, 4) is 16.2 Å². The van der Waals surface area contributed by atoms with Crippen LogP contribution in [0.25, 0.3) is 10.4 Å². The molecule has 7 nitrogen and oxygen atoms in total. The Kier molecular flexibility index (Phi) is 7.42. The highest BCUT2D eigenvalue weighted by molar-refractivity contribution is 7.92. The molecule has 182 valence electrons. The molecule has 3 aromatic rings. The number of methoxy groups -OCH3 is 1. The molecule has 34 heavy (non-hydrogen) atoms. The summed E-state index contributed by atoms with van der Waals surface area (Å²) in [7, 11) is -2.43. The fourth-order valence-corrected chi connectivity index (χ4v) is 6.67. The second-order valence-electron chi connectivity index (χ2n) is 8.93. The molecule has 1 aromatic carbocycles. The van der Waals surface area contributed by atoms with Gasteiger partial charge in [-0.15, -0.1) is 0 Å². The molecule has 4 rings (SSSR count). The highest BCUT2D eigenvalue weighted by Crippen LogP contribution is 2.37. The second kappa shape index (κ2) is 10.3. The Hall–Kier alpha value is -2.65. The van der Waals surface area contributed by atoms with Crippen molar-refractivity contribution in [2.75, 3.05) is 23.7 Å².